The summed E-state index contributed by atoms with van der Waals surface area (Å²) in [5, 5.41) is 0. The molecule has 0 radical (unpaired) electrons. The third-order valence-corrected chi connectivity index (χ3v) is 2.56. The molecule has 0 N–H and O–H groups in total. The lowest BCUT2D eigenvalue weighted by atomic mass is 10.7. The van der Waals surface area contributed by atoms with Crippen molar-refractivity contribution in [3.05, 3.63) is 37.2 Å². The third kappa shape index (κ3) is 2.52. The molecule has 1 rings (SSSR count). The summed E-state index contributed by atoms with van der Waals surface area (Å²) in [7, 11) is 0. The highest BCUT2D eigenvalue weighted by Gasteiger charge is 1.95. The van der Waals surface area contributed by atoms with Gasteiger partial charge in [-0.05, 0) is 12.1 Å². The number of nitrogens with zero attached hydrogens (tertiary/aromatic N) is 1. The largest absolute Gasteiger partial charge is 0.310 e. The van der Waals surface area contributed by atoms with Crippen molar-refractivity contribution >= 4 is 28.3 Å². The van der Waals surface area contributed by atoms with E-state index in [9.17, 15) is 0 Å². The summed E-state index contributed by atoms with van der Waals surface area (Å²) < 4.78 is 2.79. The van der Waals surface area contributed by atoms with E-state index >= 15 is 0 Å². The first-order valence-electron chi connectivity index (χ1n) is 3.25. The van der Waals surface area contributed by atoms with E-state index in [1.54, 1.807) is 11.8 Å². The smallest absolute Gasteiger partial charge is 0.144 e. The van der Waals surface area contributed by atoms with Crippen molar-refractivity contribution in [3.8, 4) is 0 Å². The molecule has 0 spiro atoms. The van der Waals surface area contributed by atoms with Crippen molar-refractivity contribution < 1.29 is 0 Å². The minimum absolute atomic E-state index is 0.870. The summed E-state index contributed by atoms with van der Waals surface area (Å²) in [6.45, 7) is 3.62. The highest BCUT2D eigenvalue weighted by molar-refractivity contribution is 8.23. The molecule has 1 nitrogen and oxygen atoms in total. The first kappa shape index (κ1) is 8.56. The lowest BCUT2D eigenvalue weighted by Gasteiger charge is -2.00. The van der Waals surface area contributed by atoms with E-state index in [2.05, 4.69) is 6.58 Å². The molecule has 0 aliphatic rings. The molecule has 1 aromatic heterocycles. The second-order valence-corrected chi connectivity index (χ2v) is 3.61. The Bertz CT molecular complexity index is 239. The summed E-state index contributed by atoms with van der Waals surface area (Å²) in [5.74, 6) is 0.872. The Hall–Kier alpha value is -0.540. The molecule has 0 amide bonds. The van der Waals surface area contributed by atoms with E-state index in [1.807, 2.05) is 35.2 Å². The third-order valence-electron chi connectivity index (χ3n) is 1.14. The average molecular weight is 183 g/mol. The van der Waals surface area contributed by atoms with E-state index in [4.69, 9.17) is 12.2 Å². The molecule has 0 aliphatic heterocycles. The topological polar surface area (TPSA) is 4.93 Å². The van der Waals surface area contributed by atoms with E-state index in [-0.39, 0.29) is 0 Å². The van der Waals surface area contributed by atoms with E-state index in [1.165, 1.54) is 0 Å². The van der Waals surface area contributed by atoms with Gasteiger partial charge in [0.25, 0.3) is 0 Å². The molecule has 0 fully saturated rings. The van der Waals surface area contributed by atoms with Crippen LogP contribution in [0, 0.1) is 0 Å². The number of thioether (sulfide) groups is 1. The molecule has 0 unspecified atom stereocenters. The maximum Gasteiger partial charge on any atom is 0.144 e. The van der Waals surface area contributed by atoms with Crippen LogP contribution >= 0.6 is 24.0 Å². The molecule has 1 heterocycles. The van der Waals surface area contributed by atoms with E-state index in [0.29, 0.717) is 0 Å². The van der Waals surface area contributed by atoms with Crippen LogP contribution < -0.4 is 0 Å². The molecule has 0 saturated heterocycles. The first-order valence-corrected chi connectivity index (χ1v) is 4.65. The summed E-state index contributed by atoms with van der Waals surface area (Å²) in [6, 6.07) is 3.92. The van der Waals surface area contributed by atoms with Crippen molar-refractivity contribution in [2.45, 2.75) is 0 Å². The molecule has 0 saturated carbocycles. The van der Waals surface area contributed by atoms with Gasteiger partial charge in [0, 0.05) is 18.1 Å². The van der Waals surface area contributed by atoms with Gasteiger partial charge >= 0.3 is 0 Å². The number of hydrogen-bond acceptors (Lipinski definition) is 2. The second kappa shape index (κ2) is 4.36. The van der Waals surface area contributed by atoms with Crippen molar-refractivity contribution in [2.75, 3.05) is 5.75 Å². The van der Waals surface area contributed by atoms with Crippen LogP contribution in [0.15, 0.2) is 37.2 Å². The van der Waals surface area contributed by atoms with Crippen LogP contribution in [0.4, 0.5) is 0 Å². The molecule has 11 heavy (non-hydrogen) atoms. The second-order valence-electron chi connectivity index (χ2n) is 1.96. The fourth-order valence-electron chi connectivity index (χ4n) is 0.661. The van der Waals surface area contributed by atoms with Crippen LogP contribution in [0.5, 0.6) is 0 Å². The molecule has 1 aromatic rings. The molecule has 0 aliphatic carbocycles. The Morgan fingerprint density at radius 3 is 2.73 bits per heavy atom. The van der Waals surface area contributed by atoms with Gasteiger partial charge in [0.2, 0.25) is 0 Å². The quantitative estimate of drug-likeness (QED) is 0.513. The van der Waals surface area contributed by atoms with Gasteiger partial charge in [-0.3, -0.25) is 0 Å². The van der Waals surface area contributed by atoms with Gasteiger partial charge in [0.1, 0.15) is 4.32 Å². The molecule has 0 bridgehead atoms. The zero-order valence-corrected chi connectivity index (χ0v) is 7.70. The van der Waals surface area contributed by atoms with Crippen LogP contribution in [0.3, 0.4) is 0 Å². The van der Waals surface area contributed by atoms with Gasteiger partial charge in [-0.25, -0.2) is 0 Å². The van der Waals surface area contributed by atoms with Crippen molar-refractivity contribution in [2.24, 2.45) is 0 Å². The molecule has 58 valence electrons. The summed E-state index contributed by atoms with van der Waals surface area (Å²) in [6.07, 6.45) is 5.73. The minimum Gasteiger partial charge on any atom is -0.310 e. The fraction of sp³-hybridized carbons (Fsp3) is 0.125. The Morgan fingerprint density at radius 2 is 2.18 bits per heavy atom. The van der Waals surface area contributed by atoms with Crippen molar-refractivity contribution in [1.29, 1.82) is 0 Å². The van der Waals surface area contributed by atoms with Crippen LogP contribution in [0.1, 0.15) is 0 Å². The Balaban J connectivity index is 2.49. The first-order chi connectivity index (χ1) is 5.34. The fourth-order valence-corrected chi connectivity index (χ4v) is 1.52. The zero-order valence-electron chi connectivity index (χ0n) is 6.06. The average Bonchev–Trinajstić information content (AvgIpc) is 2.52. The van der Waals surface area contributed by atoms with Crippen molar-refractivity contribution in [1.82, 2.24) is 4.57 Å². The summed E-state index contributed by atoms with van der Waals surface area (Å²) >= 11 is 6.73. The Morgan fingerprint density at radius 1 is 1.55 bits per heavy atom. The highest BCUT2D eigenvalue weighted by Crippen LogP contribution is 2.06. The van der Waals surface area contributed by atoms with Gasteiger partial charge < -0.3 is 4.57 Å². The Kier molecular flexibility index (Phi) is 3.39. The Labute approximate surface area is 76.1 Å². The van der Waals surface area contributed by atoms with Gasteiger partial charge in [0.05, 0.1) is 0 Å². The maximum absolute atomic E-state index is 5.12. The number of thiocarbonyl (C=S) groups is 1. The molecular formula is C8H9NS2. The molecule has 0 atom stereocenters. The predicted molar refractivity (Wildman–Crippen MR) is 55.1 cm³/mol. The van der Waals surface area contributed by atoms with Gasteiger partial charge in [-0.1, -0.05) is 30.1 Å². The lowest BCUT2D eigenvalue weighted by Crippen LogP contribution is -2.00. The molecular weight excluding hydrogens is 174 g/mol. The zero-order chi connectivity index (χ0) is 8.10. The highest BCUT2D eigenvalue weighted by atomic mass is 32.2. The normalized spacial score (nSPS) is 9.45. The number of rotatable bonds is 2. The van der Waals surface area contributed by atoms with Crippen LogP contribution in [-0.2, 0) is 0 Å². The molecule has 0 aromatic carbocycles. The lowest BCUT2D eigenvalue weighted by molar-refractivity contribution is 1.22. The minimum atomic E-state index is 0.870. The van der Waals surface area contributed by atoms with Gasteiger partial charge in [0.15, 0.2) is 0 Å². The van der Waals surface area contributed by atoms with E-state index < -0.39 is 0 Å². The summed E-state index contributed by atoms with van der Waals surface area (Å²) in [4.78, 5) is 0. The van der Waals surface area contributed by atoms with Gasteiger partial charge in [-0.15, -0.1) is 6.58 Å². The van der Waals surface area contributed by atoms with Crippen LogP contribution in [0.25, 0.3) is 0 Å². The maximum atomic E-state index is 5.12. The number of aromatic nitrogens is 1. The predicted octanol–water partition coefficient (Wildman–Crippen LogP) is 2.54. The standard InChI is InChI=1S/C8H9NS2/c1-2-7-11-8(10)9-5-3-4-6-9/h2-6H,1,7H2. The van der Waals surface area contributed by atoms with E-state index in [0.717, 1.165) is 10.1 Å². The van der Waals surface area contributed by atoms with Gasteiger partial charge in [-0.2, -0.15) is 0 Å². The van der Waals surface area contributed by atoms with Crippen LogP contribution in [0.2, 0.25) is 0 Å². The van der Waals surface area contributed by atoms with Crippen molar-refractivity contribution in [3.63, 3.8) is 0 Å². The monoisotopic (exact) mass is 183 g/mol. The summed E-state index contributed by atoms with van der Waals surface area (Å²) in [5.41, 5.74) is 0. The number of hydrogen-bond donors (Lipinski definition) is 0. The molecule has 3 heteroatoms. The van der Waals surface area contributed by atoms with Crippen LogP contribution in [-0.4, -0.2) is 14.6 Å². The SMILES string of the molecule is C=CCSC(=S)n1cccc1.